The molecule has 0 bridgehead atoms. The number of hydrogen-bond donors (Lipinski definition) is 1. The lowest BCUT2D eigenvalue weighted by atomic mass is 9.84. The Morgan fingerprint density at radius 1 is 1.12 bits per heavy atom. The van der Waals surface area contributed by atoms with E-state index in [1.165, 1.54) is 12.1 Å². The Labute approximate surface area is 186 Å². The first-order valence-electron chi connectivity index (χ1n) is 7.76. The maximum atomic E-state index is 13.8. The van der Waals surface area contributed by atoms with E-state index in [4.69, 9.17) is 4.74 Å². The fourth-order valence-corrected chi connectivity index (χ4v) is 5.37. The summed E-state index contributed by atoms with van der Waals surface area (Å²) in [4.78, 5) is 13.0. The van der Waals surface area contributed by atoms with Crippen LogP contribution in [0.15, 0.2) is 36.4 Å². The number of carbonyl (C=O) groups excluding carboxylic acids is 1. The van der Waals surface area contributed by atoms with E-state index in [9.17, 15) is 9.18 Å². The van der Waals surface area contributed by atoms with Crippen LogP contribution in [0.25, 0.3) is 0 Å². The zero-order valence-corrected chi connectivity index (χ0v) is 19.6. The summed E-state index contributed by atoms with van der Waals surface area (Å²) in [5, 5.41) is 3.28. The van der Waals surface area contributed by atoms with Crippen LogP contribution in [0.3, 0.4) is 0 Å². The molecule has 1 saturated heterocycles. The lowest BCUT2D eigenvalue weighted by Crippen LogP contribution is -2.43. The first-order valence-corrected chi connectivity index (χ1v) is 11.0. The molecule has 25 heavy (non-hydrogen) atoms. The summed E-state index contributed by atoms with van der Waals surface area (Å²) >= 11 is 6.59. The fraction of sp³-hybridized carbons (Fsp3) is 0.278. The Hall–Kier alpha value is -0.01000. The number of ether oxygens (including phenoxy) is 1. The third-order valence-electron chi connectivity index (χ3n) is 4.26. The predicted octanol–water partition coefficient (Wildman–Crippen LogP) is 5.08. The molecule has 2 aromatic rings. The van der Waals surface area contributed by atoms with Crippen molar-refractivity contribution < 1.29 is 13.9 Å². The van der Waals surface area contributed by atoms with Crippen molar-refractivity contribution in [3.05, 3.63) is 64.1 Å². The Morgan fingerprint density at radius 2 is 1.84 bits per heavy atom. The van der Waals surface area contributed by atoms with Gasteiger partial charge in [0.05, 0.1) is 5.56 Å². The molecule has 0 saturated carbocycles. The van der Waals surface area contributed by atoms with Crippen molar-refractivity contribution in [3.63, 3.8) is 0 Å². The molecule has 1 aliphatic heterocycles. The maximum Gasteiger partial charge on any atom is 0.340 e. The van der Waals surface area contributed by atoms with Gasteiger partial charge in [-0.15, -0.1) is 0 Å². The number of benzene rings is 2. The molecule has 132 valence electrons. The standard InChI is InChI=1S/C18H15FI3NO2/c19-12-3-1-2-11(8-12)18(4-6-23-7-5-18)25-17(24)14-9-13(20)10-15(21)16(14)22/h1-3,8-10,23H,4-7H2. The van der Waals surface area contributed by atoms with Gasteiger partial charge in [-0.3, -0.25) is 0 Å². The highest BCUT2D eigenvalue weighted by Gasteiger charge is 2.38. The number of piperidine rings is 1. The third kappa shape index (κ3) is 4.46. The zero-order valence-electron chi connectivity index (χ0n) is 13.1. The predicted molar refractivity (Wildman–Crippen MR) is 120 cm³/mol. The van der Waals surface area contributed by atoms with Gasteiger partial charge in [-0.05, 0) is 111 Å². The number of carbonyl (C=O) groups is 1. The highest BCUT2D eigenvalue weighted by Crippen LogP contribution is 2.37. The second kappa shape index (κ2) is 8.34. The van der Waals surface area contributed by atoms with Crippen LogP contribution in [-0.4, -0.2) is 19.1 Å². The molecule has 0 atom stereocenters. The second-order valence-electron chi connectivity index (χ2n) is 5.89. The monoisotopic (exact) mass is 677 g/mol. The molecular weight excluding hydrogens is 662 g/mol. The fourth-order valence-electron chi connectivity index (χ4n) is 2.99. The molecular formula is C18H15FI3NO2. The van der Waals surface area contributed by atoms with Crippen molar-refractivity contribution in [2.45, 2.75) is 18.4 Å². The molecule has 1 aliphatic rings. The quantitative estimate of drug-likeness (QED) is 0.280. The minimum atomic E-state index is -0.791. The third-order valence-corrected chi connectivity index (χ3v) is 7.93. The first-order chi connectivity index (χ1) is 11.9. The minimum absolute atomic E-state index is 0.315. The largest absolute Gasteiger partial charge is 0.450 e. The van der Waals surface area contributed by atoms with Gasteiger partial charge in [0.2, 0.25) is 0 Å². The molecule has 0 aliphatic carbocycles. The summed E-state index contributed by atoms with van der Waals surface area (Å²) in [6.07, 6.45) is 1.25. The molecule has 1 N–H and O–H groups in total. The van der Waals surface area contributed by atoms with E-state index in [1.54, 1.807) is 6.07 Å². The van der Waals surface area contributed by atoms with Gasteiger partial charge >= 0.3 is 5.97 Å². The summed E-state index contributed by atoms with van der Waals surface area (Å²) in [6, 6.07) is 10.2. The molecule has 3 rings (SSSR count). The average molecular weight is 677 g/mol. The lowest BCUT2D eigenvalue weighted by molar-refractivity contribution is -0.0381. The number of nitrogens with one attached hydrogen (secondary N) is 1. The molecule has 0 unspecified atom stereocenters. The highest BCUT2D eigenvalue weighted by atomic mass is 127. The molecule has 7 heteroatoms. The SMILES string of the molecule is O=C(OC1(c2cccc(F)c2)CCNCC1)c1cc(I)cc(I)c1I. The number of rotatable bonds is 3. The van der Waals surface area contributed by atoms with Crippen LogP contribution in [0.4, 0.5) is 4.39 Å². The van der Waals surface area contributed by atoms with Gasteiger partial charge in [0, 0.05) is 23.6 Å². The summed E-state index contributed by atoms with van der Waals surface area (Å²) in [7, 11) is 0. The van der Waals surface area contributed by atoms with Gasteiger partial charge in [0.15, 0.2) is 0 Å². The zero-order chi connectivity index (χ0) is 18.0. The molecule has 1 heterocycles. The Kier molecular flexibility index (Phi) is 6.59. The molecule has 0 amide bonds. The summed E-state index contributed by atoms with van der Waals surface area (Å²) in [6.45, 7) is 1.45. The average Bonchev–Trinajstić information content (AvgIpc) is 2.59. The Bertz CT molecular complexity index is 807. The van der Waals surface area contributed by atoms with Crippen LogP contribution < -0.4 is 5.32 Å². The topological polar surface area (TPSA) is 38.3 Å². The van der Waals surface area contributed by atoms with Crippen molar-refractivity contribution in [3.8, 4) is 0 Å². The Balaban J connectivity index is 1.98. The van der Waals surface area contributed by atoms with E-state index >= 15 is 0 Å². The molecule has 0 radical (unpaired) electrons. The van der Waals surface area contributed by atoms with E-state index in [0.717, 1.165) is 29.4 Å². The molecule has 1 fully saturated rings. The summed E-state index contributed by atoms with van der Waals surface area (Å²) < 4.78 is 22.7. The van der Waals surface area contributed by atoms with E-state index in [0.29, 0.717) is 18.4 Å². The first kappa shape index (κ1) is 19.7. The molecule has 3 nitrogen and oxygen atoms in total. The van der Waals surface area contributed by atoms with Crippen molar-refractivity contribution >= 4 is 73.7 Å². The van der Waals surface area contributed by atoms with Crippen LogP contribution in [0.5, 0.6) is 0 Å². The van der Waals surface area contributed by atoms with Crippen LogP contribution in [0.2, 0.25) is 0 Å². The van der Waals surface area contributed by atoms with Gasteiger partial charge in [0.25, 0.3) is 0 Å². The second-order valence-corrected chi connectivity index (χ2v) is 9.38. The van der Waals surface area contributed by atoms with Gasteiger partial charge < -0.3 is 10.1 Å². The number of esters is 1. The van der Waals surface area contributed by atoms with Crippen molar-refractivity contribution in [1.82, 2.24) is 5.32 Å². The number of hydrogen-bond acceptors (Lipinski definition) is 3. The smallest absolute Gasteiger partial charge is 0.340 e. The van der Waals surface area contributed by atoms with Gasteiger partial charge in [-0.25, -0.2) is 9.18 Å². The van der Waals surface area contributed by atoms with Crippen molar-refractivity contribution in [2.75, 3.05) is 13.1 Å². The van der Waals surface area contributed by atoms with Gasteiger partial charge in [-0.2, -0.15) is 0 Å². The van der Waals surface area contributed by atoms with Crippen LogP contribution in [0.1, 0.15) is 28.8 Å². The molecule has 0 spiro atoms. The van der Waals surface area contributed by atoms with Crippen molar-refractivity contribution in [2.24, 2.45) is 0 Å². The number of halogens is 4. The van der Waals surface area contributed by atoms with Crippen LogP contribution in [0, 0.1) is 16.5 Å². The lowest BCUT2D eigenvalue weighted by Gasteiger charge is -2.37. The Morgan fingerprint density at radius 3 is 2.52 bits per heavy atom. The highest BCUT2D eigenvalue weighted by molar-refractivity contribution is 14.1. The van der Waals surface area contributed by atoms with E-state index < -0.39 is 5.60 Å². The van der Waals surface area contributed by atoms with Crippen molar-refractivity contribution in [1.29, 1.82) is 0 Å². The van der Waals surface area contributed by atoms with E-state index in [-0.39, 0.29) is 11.8 Å². The van der Waals surface area contributed by atoms with Crippen LogP contribution in [-0.2, 0) is 10.3 Å². The maximum absolute atomic E-state index is 13.8. The van der Waals surface area contributed by atoms with E-state index in [1.807, 2.05) is 18.2 Å². The van der Waals surface area contributed by atoms with Gasteiger partial charge in [0.1, 0.15) is 11.4 Å². The van der Waals surface area contributed by atoms with E-state index in [2.05, 4.69) is 73.1 Å². The van der Waals surface area contributed by atoms with Crippen LogP contribution >= 0.6 is 67.8 Å². The normalized spacial score (nSPS) is 16.5. The molecule has 0 aromatic heterocycles. The van der Waals surface area contributed by atoms with Gasteiger partial charge in [-0.1, -0.05) is 12.1 Å². The minimum Gasteiger partial charge on any atom is -0.450 e. The summed E-state index contributed by atoms with van der Waals surface area (Å²) in [5.74, 6) is -0.670. The molecule has 2 aromatic carbocycles. The summed E-state index contributed by atoms with van der Waals surface area (Å²) in [5.41, 5.74) is 0.490.